The van der Waals surface area contributed by atoms with Crippen LogP contribution >= 0.6 is 11.3 Å². The average molecular weight is 338 g/mol. The number of benzene rings is 1. The molecule has 0 fully saturated rings. The first-order chi connectivity index (χ1) is 11.8. The van der Waals surface area contributed by atoms with E-state index in [2.05, 4.69) is 15.1 Å². The van der Waals surface area contributed by atoms with Crippen molar-refractivity contribution in [2.45, 2.75) is 0 Å². The average Bonchev–Trinajstić information content (AvgIpc) is 3.29. The minimum atomic E-state index is 0.561. The maximum atomic E-state index is 5.39. The molecule has 0 aliphatic heterocycles. The van der Waals surface area contributed by atoms with Crippen LogP contribution in [0.4, 0.5) is 0 Å². The molecule has 0 N–H and O–H groups in total. The lowest BCUT2D eigenvalue weighted by molar-refractivity contribution is 0.355. The lowest BCUT2D eigenvalue weighted by atomic mass is 10.1. The molecular formula is C17H14N4O2S. The van der Waals surface area contributed by atoms with Gasteiger partial charge in [0.1, 0.15) is 0 Å². The summed E-state index contributed by atoms with van der Waals surface area (Å²) in [6, 6.07) is 11.6. The Kier molecular flexibility index (Phi) is 3.62. The molecule has 7 heteroatoms. The highest BCUT2D eigenvalue weighted by molar-refractivity contribution is 7.13. The van der Waals surface area contributed by atoms with E-state index >= 15 is 0 Å². The minimum Gasteiger partial charge on any atom is -0.493 e. The zero-order chi connectivity index (χ0) is 16.5. The highest BCUT2D eigenvalue weighted by Gasteiger charge is 2.13. The molecule has 0 saturated heterocycles. The van der Waals surface area contributed by atoms with Crippen LogP contribution < -0.4 is 9.47 Å². The van der Waals surface area contributed by atoms with Crippen molar-refractivity contribution in [3.63, 3.8) is 0 Å². The summed E-state index contributed by atoms with van der Waals surface area (Å²) in [7, 11) is 3.24. The molecule has 3 heterocycles. The van der Waals surface area contributed by atoms with Crippen LogP contribution in [0.5, 0.6) is 11.5 Å². The molecule has 0 amide bonds. The van der Waals surface area contributed by atoms with Gasteiger partial charge in [0, 0.05) is 11.8 Å². The Morgan fingerprint density at radius 2 is 1.92 bits per heavy atom. The quantitative estimate of drug-likeness (QED) is 0.569. The van der Waals surface area contributed by atoms with E-state index in [1.165, 1.54) is 0 Å². The molecule has 0 atom stereocenters. The van der Waals surface area contributed by atoms with E-state index in [-0.39, 0.29) is 0 Å². The van der Waals surface area contributed by atoms with Gasteiger partial charge in [-0.25, -0.2) is 4.98 Å². The highest BCUT2D eigenvalue weighted by atomic mass is 32.1. The van der Waals surface area contributed by atoms with Gasteiger partial charge >= 0.3 is 0 Å². The van der Waals surface area contributed by atoms with Crippen LogP contribution in [0.2, 0.25) is 0 Å². The number of fused-ring (bicyclic) bond motifs is 1. The van der Waals surface area contributed by atoms with Crippen molar-refractivity contribution in [3.05, 3.63) is 48.0 Å². The predicted octanol–water partition coefficient (Wildman–Crippen LogP) is 3.54. The van der Waals surface area contributed by atoms with E-state index in [0.717, 1.165) is 16.1 Å². The van der Waals surface area contributed by atoms with Crippen molar-refractivity contribution in [1.29, 1.82) is 0 Å². The summed E-state index contributed by atoms with van der Waals surface area (Å²) in [4.78, 5) is 9.84. The molecule has 1 aromatic carbocycles. The van der Waals surface area contributed by atoms with E-state index in [4.69, 9.17) is 9.47 Å². The smallest absolute Gasteiger partial charge is 0.253 e. The van der Waals surface area contributed by atoms with Crippen molar-refractivity contribution in [1.82, 2.24) is 19.6 Å². The molecule has 4 rings (SSSR count). The number of rotatable bonds is 4. The van der Waals surface area contributed by atoms with E-state index in [1.54, 1.807) is 36.3 Å². The zero-order valence-corrected chi connectivity index (χ0v) is 13.9. The van der Waals surface area contributed by atoms with Gasteiger partial charge in [-0.15, -0.1) is 16.4 Å². The predicted molar refractivity (Wildman–Crippen MR) is 92.6 cm³/mol. The number of hydrogen-bond donors (Lipinski definition) is 0. The normalized spacial score (nSPS) is 10.9. The number of thiophene rings is 1. The molecule has 24 heavy (non-hydrogen) atoms. The summed E-state index contributed by atoms with van der Waals surface area (Å²) < 4.78 is 12.4. The fraction of sp³-hybridized carbons (Fsp3) is 0.118. The van der Waals surface area contributed by atoms with Gasteiger partial charge in [-0.3, -0.25) is 0 Å². The van der Waals surface area contributed by atoms with Crippen molar-refractivity contribution >= 4 is 17.1 Å². The van der Waals surface area contributed by atoms with Crippen LogP contribution in [0.15, 0.2) is 48.0 Å². The van der Waals surface area contributed by atoms with E-state index in [9.17, 15) is 0 Å². The summed E-state index contributed by atoms with van der Waals surface area (Å²) in [6.07, 6.45) is 1.73. The van der Waals surface area contributed by atoms with Crippen molar-refractivity contribution in [2.24, 2.45) is 0 Å². The number of methoxy groups -OCH3 is 2. The van der Waals surface area contributed by atoms with Crippen LogP contribution in [-0.4, -0.2) is 33.8 Å². The summed E-state index contributed by atoms with van der Waals surface area (Å²) >= 11 is 1.60. The Morgan fingerprint density at radius 3 is 2.67 bits per heavy atom. The number of nitrogens with zero attached hydrogens (tertiary/aromatic N) is 4. The zero-order valence-electron chi connectivity index (χ0n) is 13.1. The third-order valence-corrected chi connectivity index (χ3v) is 4.53. The molecule has 0 bridgehead atoms. The maximum Gasteiger partial charge on any atom is 0.253 e. The van der Waals surface area contributed by atoms with Crippen LogP contribution in [0, 0.1) is 0 Å². The van der Waals surface area contributed by atoms with Gasteiger partial charge in [-0.05, 0) is 35.7 Å². The Balaban J connectivity index is 1.88. The Bertz CT molecular complexity index is 995. The Labute approximate surface area is 142 Å². The fourth-order valence-electron chi connectivity index (χ4n) is 2.52. The third-order valence-electron chi connectivity index (χ3n) is 3.66. The Morgan fingerprint density at radius 1 is 1.04 bits per heavy atom. The molecule has 120 valence electrons. The lowest BCUT2D eigenvalue weighted by Crippen LogP contribution is -1.97. The van der Waals surface area contributed by atoms with Crippen LogP contribution in [-0.2, 0) is 0 Å². The molecular weight excluding hydrogens is 324 g/mol. The number of hydrogen-bond acceptors (Lipinski definition) is 6. The molecule has 0 aliphatic rings. The van der Waals surface area contributed by atoms with Gasteiger partial charge in [0.25, 0.3) is 5.78 Å². The first-order valence-corrected chi connectivity index (χ1v) is 8.16. The minimum absolute atomic E-state index is 0.561. The van der Waals surface area contributed by atoms with Crippen LogP contribution in [0.1, 0.15) is 0 Å². The van der Waals surface area contributed by atoms with E-state index < -0.39 is 0 Å². The van der Waals surface area contributed by atoms with Crippen LogP contribution in [0.3, 0.4) is 0 Å². The van der Waals surface area contributed by atoms with Gasteiger partial charge in [0.15, 0.2) is 17.3 Å². The van der Waals surface area contributed by atoms with Gasteiger partial charge in [0.2, 0.25) is 0 Å². The first kappa shape index (κ1) is 14.6. The monoisotopic (exact) mass is 338 g/mol. The van der Waals surface area contributed by atoms with E-state index in [0.29, 0.717) is 23.1 Å². The second kappa shape index (κ2) is 5.93. The summed E-state index contributed by atoms with van der Waals surface area (Å²) in [5, 5.41) is 6.61. The number of aromatic nitrogens is 4. The topological polar surface area (TPSA) is 61.5 Å². The second-order valence-corrected chi connectivity index (χ2v) is 5.97. The lowest BCUT2D eigenvalue weighted by Gasteiger charge is -2.10. The summed E-state index contributed by atoms with van der Waals surface area (Å²) in [5.74, 6) is 2.58. The fourth-order valence-corrected chi connectivity index (χ4v) is 3.17. The molecule has 6 nitrogen and oxygen atoms in total. The standard InChI is InChI=1S/C17H14N4O2S/c1-22-13-6-5-11(10-14(13)23-2)12-7-8-18-17-19-16(20-21(12)17)15-4-3-9-24-15/h3-10H,1-2H3. The van der Waals surface area contributed by atoms with Gasteiger partial charge in [-0.2, -0.15) is 9.50 Å². The number of ether oxygens (including phenoxy) is 2. The SMILES string of the molecule is COc1ccc(-c2ccnc3nc(-c4cccs4)nn23)cc1OC. The summed E-state index contributed by atoms with van der Waals surface area (Å²) in [5.41, 5.74) is 1.83. The summed E-state index contributed by atoms with van der Waals surface area (Å²) in [6.45, 7) is 0. The second-order valence-electron chi connectivity index (χ2n) is 5.02. The van der Waals surface area contributed by atoms with Crippen molar-refractivity contribution < 1.29 is 9.47 Å². The molecule has 4 aromatic rings. The first-order valence-electron chi connectivity index (χ1n) is 7.28. The Hall–Kier alpha value is -2.93. The van der Waals surface area contributed by atoms with Gasteiger partial charge in [-0.1, -0.05) is 6.07 Å². The molecule has 0 saturated carbocycles. The largest absolute Gasteiger partial charge is 0.493 e. The van der Waals surface area contributed by atoms with E-state index in [1.807, 2.05) is 41.8 Å². The van der Waals surface area contributed by atoms with Gasteiger partial charge in [0.05, 0.1) is 24.8 Å². The molecule has 0 radical (unpaired) electrons. The maximum absolute atomic E-state index is 5.39. The molecule has 3 aromatic heterocycles. The highest BCUT2D eigenvalue weighted by Crippen LogP contribution is 2.32. The van der Waals surface area contributed by atoms with Crippen molar-refractivity contribution in [2.75, 3.05) is 14.2 Å². The third kappa shape index (κ3) is 2.39. The molecule has 0 unspecified atom stereocenters. The van der Waals surface area contributed by atoms with Crippen molar-refractivity contribution in [3.8, 4) is 33.5 Å². The molecule has 0 spiro atoms. The van der Waals surface area contributed by atoms with Gasteiger partial charge < -0.3 is 9.47 Å². The molecule has 0 aliphatic carbocycles. The van der Waals surface area contributed by atoms with Crippen LogP contribution in [0.25, 0.3) is 27.7 Å².